The topological polar surface area (TPSA) is 143 Å². The van der Waals surface area contributed by atoms with E-state index in [1.807, 2.05) is 24.3 Å². The van der Waals surface area contributed by atoms with E-state index in [9.17, 15) is 0 Å². The van der Waals surface area contributed by atoms with E-state index in [1.165, 1.54) is 0 Å². The fourth-order valence-corrected chi connectivity index (χ4v) is 4.13. The number of ether oxygens (including phenoxy) is 1. The van der Waals surface area contributed by atoms with Crippen LogP contribution in [0.4, 0.5) is 11.9 Å². The summed E-state index contributed by atoms with van der Waals surface area (Å²) < 4.78 is 5.39. The average Bonchev–Trinajstić information content (AvgIpc) is 3.33. The second-order valence-corrected chi connectivity index (χ2v) is 8.36. The molecule has 3 aromatic heterocycles. The lowest BCUT2D eigenvalue weighted by Gasteiger charge is -2.26. The van der Waals surface area contributed by atoms with Crippen molar-refractivity contribution in [2.45, 2.75) is 12.5 Å². The van der Waals surface area contributed by atoms with Crippen molar-refractivity contribution in [1.82, 2.24) is 35.0 Å². The van der Waals surface area contributed by atoms with Crippen molar-refractivity contribution < 1.29 is 4.74 Å². The summed E-state index contributed by atoms with van der Waals surface area (Å²) in [5, 5.41) is 14.9. The van der Waals surface area contributed by atoms with Crippen LogP contribution >= 0.6 is 12.4 Å². The predicted octanol–water partition coefficient (Wildman–Crippen LogP) is 2.48. The van der Waals surface area contributed by atoms with Gasteiger partial charge in [-0.15, -0.1) is 12.4 Å². The Bertz CT molecular complexity index is 1230. The van der Waals surface area contributed by atoms with Crippen LogP contribution in [0.25, 0.3) is 22.4 Å². The Morgan fingerprint density at radius 2 is 1.89 bits per heavy atom. The van der Waals surface area contributed by atoms with Gasteiger partial charge in [0.2, 0.25) is 11.9 Å². The molecule has 0 amide bonds. The number of H-pyrrole nitrogens is 1. The lowest BCUT2D eigenvalue weighted by molar-refractivity contribution is 0.0398. The Labute approximate surface area is 215 Å². The minimum absolute atomic E-state index is 0. The number of nitrogens with zero attached hydrogens (tertiary/aromatic N) is 6. The zero-order valence-electron chi connectivity index (χ0n) is 19.9. The smallest absolute Gasteiger partial charge is 0.224 e. The van der Waals surface area contributed by atoms with E-state index in [2.05, 4.69) is 52.8 Å². The zero-order valence-corrected chi connectivity index (χ0v) is 20.7. The summed E-state index contributed by atoms with van der Waals surface area (Å²) in [4.78, 5) is 20.5. The lowest BCUT2D eigenvalue weighted by atomic mass is 10.0. The first-order chi connectivity index (χ1) is 17.3. The second kappa shape index (κ2) is 12.5. The van der Waals surface area contributed by atoms with Crippen molar-refractivity contribution in [3.05, 3.63) is 54.4 Å². The van der Waals surface area contributed by atoms with Crippen molar-refractivity contribution in [2.24, 2.45) is 5.73 Å². The quantitative estimate of drug-likeness (QED) is 0.251. The molecule has 11 nitrogen and oxygen atoms in total. The number of benzene rings is 1. The number of anilines is 2. The van der Waals surface area contributed by atoms with Gasteiger partial charge in [-0.05, 0) is 24.6 Å². The fourth-order valence-electron chi connectivity index (χ4n) is 4.13. The molecule has 4 aromatic rings. The van der Waals surface area contributed by atoms with E-state index >= 15 is 0 Å². The molecule has 0 aliphatic carbocycles. The molecule has 0 saturated carbocycles. The third-order valence-corrected chi connectivity index (χ3v) is 6.00. The van der Waals surface area contributed by atoms with E-state index < -0.39 is 0 Å². The maximum atomic E-state index is 5.85. The number of nitrogens with one attached hydrogen (secondary N) is 3. The molecule has 1 atom stereocenters. The van der Waals surface area contributed by atoms with E-state index in [-0.39, 0.29) is 18.4 Å². The van der Waals surface area contributed by atoms with Gasteiger partial charge in [0.15, 0.2) is 5.65 Å². The van der Waals surface area contributed by atoms with Crippen LogP contribution in [0.5, 0.6) is 0 Å². The molecule has 1 aromatic carbocycles. The molecule has 0 bridgehead atoms. The molecule has 1 fully saturated rings. The summed E-state index contributed by atoms with van der Waals surface area (Å²) in [6.45, 7) is 5.72. The highest BCUT2D eigenvalue weighted by Gasteiger charge is 2.16. The molecule has 5 N–H and O–H groups in total. The van der Waals surface area contributed by atoms with Crippen LogP contribution in [-0.4, -0.2) is 81.0 Å². The first-order valence-corrected chi connectivity index (χ1v) is 11.9. The molecule has 4 heterocycles. The first kappa shape index (κ1) is 25.7. The van der Waals surface area contributed by atoms with Gasteiger partial charge in [0.25, 0.3) is 0 Å². The van der Waals surface area contributed by atoms with Crippen LogP contribution in [0.15, 0.2) is 48.8 Å². The number of hydrogen-bond acceptors (Lipinski definition) is 10. The highest BCUT2D eigenvalue weighted by Crippen LogP contribution is 2.26. The van der Waals surface area contributed by atoms with Gasteiger partial charge < -0.3 is 21.1 Å². The summed E-state index contributed by atoms with van der Waals surface area (Å²) in [7, 11) is 0. The van der Waals surface area contributed by atoms with Gasteiger partial charge >= 0.3 is 0 Å². The lowest BCUT2D eigenvalue weighted by Crippen LogP contribution is -2.39. The van der Waals surface area contributed by atoms with Gasteiger partial charge in [0.1, 0.15) is 0 Å². The summed E-state index contributed by atoms with van der Waals surface area (Å²) >= 11 is 0. The number of fused-ring (bicyclic) bond motifs is 1. The Balaban J connectivity index is 0.00000304. The van der Waals surface area contributed by atoms with E-state index in [4.69, 9.17) is 15.5 Å². The summed E-state index contributed by atoms with van der Waals surface area (Å²) in [6.07, 6.45) is 4.26. The van der Waals surface area contributed by atoms with Crippen LogP contribution in [0.3, 0.4) is 0 Å². The maximum absolute atomic E-state index is 5.85. The number of aromatic nitrogens is 6. The molecule has 190 valence electrons. The summed E-state index contributed by atoms with van der Waals surface area (Å²) in [5.74, 6) is 1.08. The first-order valence-electron chi connectivity index (χ1n) is 11.9. The minimum Gasteiger partial charge on any atom is -0.379 e. The minimum atomic E-state index is 0. The molecule has 1 saturated heterocycles. The monoisotopic (exact) mass is 510 g/mol. The second-order valence-electron chi connectivity index (χ2n) is 8.36. The molecule has 1 unspecified atom stereocenters. The van der Waals surface area contributed by atoms with Gasteiger partial charge in [-0.1, -0.05) is 30.3 Å². The van der Waals surface area contributed by atoms with Crippen LogP contribution in [-0.2, 0) is 4.74 Å². The van der Waals surface area contributed by atoms with Gasteiger partial charge in [-0.3, -0.25) is 10.00 Å². The number of rotatable bonds is 10. The van der Waals surface area contributed by atoms with Gasteiger partial charge in [-0.2, -0.15) is 10.1 Å². The Kier molecular flexibility index (Phi) is 8.95. The molecule has 1 aliphatic heterocycles. The Hall–Kier alpha value is -3.38. The number of hydrogen-bond donors (Lipinski definition) is 4. The van der Waals surface area contributed by atoms with E-state index in [0.29, 0.717) is 29.8 Å². The van der Waals surface area contributed by atoms with E-state index in [0.717, 1.165) is 62.5 Å². The van der Waals surface area contributed by atoms with Crippen LogP contribution in [0.1, 0.15) is 18.0 Å². The van der Waals surface area contributed by atoms with E-state index in [1.54, 1.807) is 12.4 Å². The highest BCUT2D eigenvalue weighted by molar-refractivity contribution is 5.89. The van der Waals surface area contributed by atoms with Crippen molar-refractivity contribution in [3.63, 3.8) is 0 Å². The summed E-state index contributed by atoms with van der Waals surface area (Å²) in [5.41, 5.74) is 9.03. The van der Waals surface area contributed by atoms with Crippen molar-refractivity contribution in [3.8, 4) is 11.4 Å². The van der Waals surface area contributed by atoms with Crippen molar-refractivity contribution in [2.75, 3.05) is 56.6 Å². The molecule has 36 heavy (non-hydrogen) atoms. The van der Waals surface area contributed by atoms with Crippen LogP contribution in [0.2, 0.25) is 0 Å². The highest BCUT2D eigenvalue weighted by atomic mass is 35.5. The average molecular weight is 511 g/mol. The fraction of sp³-hybridized carbons (Fsp3) is 0.375. The molecule has 0 spiro atoms. The third-order valence-electron chi connectivity index (χ3n) is 6.00. The van der Waals surface area contributed by atoms with Crippen molar-refractivity contribution >= 4 is 35.3 Å². The van der Waals surface area contributed by atoms with Gasteiger partial charge in [0, 0.05) is 38.6 Å². The molecular weight excluding hydrogens is 480 g/mol. The normalized spacial score (nSPS) is 14.8. The largest absolute Gasteiger partial charge is 0.379 e. The standard InChI is InChI=1S/C24H30N10O.ClH/c25-8-6-19(17-4-2-1-3-5-17)29-24-26-9-7-20(30-24)21-18-16-28-23(31-22(18)33-32-21)27-10-11-34-12-14-35-15-13-34;/h1-5,7,9,16,19H,6,8,10-15,25H2,(H,26,29,30)(H2,27,28,31,32,33);1H. The number of morpholine rings is 1. The maximum Gasteiger partial charge on any atom is 0.224 e. The molecule has 1 aliphatic rings. The number of halogens is 1. The molecule has 0 radical (unpaired) electrons. The van der Waals surface area contributed by atoms with Gasteiger partial charge in [-0.25, -0.2) is 15.0 Å². The third kappa shape index (κ3) is 6.24. The number of nitrogens with two attached hydrogens (primary N) is 1. The molecule has 12 heteroatoms. The zero-order chi connectivity index (χ0) is 23.9. The summed E-state index contributed by atoms with van der Waals surface area (Å²) in [6, 6.07) is 12.0. The molecular formula is C24H31ClN10O. The Morgan fingerprint density at radius 3 is 2.69 bits per heavy atom. The van der Waals surface area contributed by atoms with Gasteiger partial charge in [0.05, 0.1) is 36.0 Å². The van der Waals surface area contributed by atoms with Crippen LogP contribution in [0, 0.1) is 0 Å². The number of aromatic amines is 1. The van der Waals surface area contributed by atoms with Crippen molar-refractivity contribution in [1.29, 1.82) is 0 Å². The van der Waals surface area contributed by atoms with Crippen LogP contribution < -0.4 is 16.4 Å². The predicted molar refractivity (Wildman–Crippen MR) is 142 cm³/mol. The SMILES string of the molecule is Cl.NCCC(Nc1nccc(-c2[nH]nc3nc(NCCN4CCOCC4)ncc23)n1)c1ccccc1. The Morgan fingerprint density at radius 1 is 1.06 bits per heavy atom. The molecule has 5 rings (SSSR count).